The van der Waals surface area contributed by atoms with Gasteiger partial charge in [0.1, 0.15) is 11.2 Å². The molecular formula is C21H20N4O2. The van der Waals surface area contributed by atoms with E-state index in [-0.39, 0.29) is 22.3 Å². The molecule has 3 aromatic rings. The quantitative estimate of drug-likeness (QED) is 0.529. The molecule has 3 aromatic heterocycles. The largest absolute Gasteiger partial charge is 0.327 e. The third-order valence-corrected chi connectivity index (χ3v) is 5.27. The van der Waals surface area contributed by atoms with Crippen molar-refractivity contribution in [2.75, 3.05) is 0 Å². The van der Waals surface area contributed by atoms with Gasteiger partial charge in [0.15, 0.2) is 5.65 Å². The predicted octanol–water partition coefficient (Wildman–Crippen LogP) is 3.12. The van der Waals surface area contributed by atoms with Gasteiger partial charge in [-0.25, -0.2) is 4.98 Å². The van der Waals surface area contributed by atoms with E-state index in [0.717, 1.165) is 19.3 Å². The molecule has 1 fully saturated rings. The molecule has 0 spiro atoms. The number of nitrogens with zero attached hydrogens (tertiary/aromatic N) is 4. The van der Waals surface area contributed by atoms with Crippen molar-refractivity contribution in [1.82, 2.24) is 19.1 Å². The topological polar surface area (TPSA) is 69.8 Å². The summed E-state index contributed by atoms with van der Waals surface area (Å²) in [6, 6.07) is 1.63. The molecular weight excluding hydrogens is 340 g/mol. The van der Waals surface area contributed by atoms with E-state index in [1.165, 1.54) is 4.57 Å². The first-order valence-corrected chi connectivity index (χ1v) is 8.93. The molecule has 0 bridgehead atoms. The van der Waals surface area contributed by atoms with Crippen LogP contribution in [0.25, 0.3) is 27.6 Å². The lowest BCUT2D eigenvalue weighted by molar-refractivity contribution is 0.395. The van der Waals surface area contributed by atoms with Gasteiger partial charge in [0, 0.05) is 30.2 Å². The Hall–Kier alpha value is -3.28. The molecule has 0 unspecified atom stereocenters. The van der Waals surface area contributed by atoms with Crippen LogP contribution in [0, 0.1) is 0 Å². The van der Waals surface area contributed by atoms with Crippen molar-refractivity contribution in [3.63, 3.8) is 0 Å². The molecule has 0 aromatic carbocycles. The summed E-state index contributed by atoms with van der Waals surface area (Å²) >= 11 is 0. The van der Waals surface area contributed by atoms with Gasteiger partial charge in [0.25, 0.3) is 5.56 Å². The van der Waals surface area contributed by atoms with E-state index in [0.29, 0.717) is 28.1 Å². The minimum atomic E-state index is -0.366. The van der Waals surface area contributed by atoms with Gasteiger partial charge in [-0.05, 0) is 31.1 Å². The highest BCUT2D eigenvalue weighted by Gasteiger charge is 2.28. The molecule has 6 heteroatoms. The number of hydrogen-bond donors (Lipinski definition) is 0. The summed E-state index contributed by atoms with van der Waals surface area (Å²) in [5, 5.41) is 0.533. The van der Waals surface area contributed by atoms with Crippen molar-refractivity contribution in [2.45, 2.75) is 25.2 Å². The molecule has 0 radical (unpaired) electrons. The first-order valence-electron chi connectivity index (χ1n) is 8.93. The lowest BCUT2D eigenvalue weighted by atomic mass is 9.84. The van der Waals surface area contributed by atoms with Crippen LogP contribution in [0.15, 0.2) is 59.4 Å². The minimum Gasteiger partial charge on any atom is -0.327 e. The van der Waals surface area contributed by atoms with Crippen LogP contribution in [0.4, 0.5) is 0 Å². The fourth-order valence-corrected chi connectivity index (χ4v) is 3.61. The number of rotatable bonds is 4. The lowest BCUT2D eigenvalue weighted by Gasteiger charge is -2.28. The Balaban J connectivity index is 2.23. The zero-order valence-corrected chi connectivity index (χ0v) is 15.2. The zero-order valence-electron chi connectivity index (χ0n) is 15.2. The Labute approximate surface area is 155 Å². The van der Waals surface area contributed by atoms with Gasteiger partial charge in [-0.3, -0.25) is 19.1 Å². The highest BCUT2D eigenvalue weighted by Crippen LogP contribution is 2.36. The van der Waals surface area contributed by atoms with Crippen molar-refractivity contribution in [1.29, 1.82) is 0 Å². The van der Waals surface area contributed by atoms with Gasteiger partial charge in [-0.1, -0.05) is 25.7 Å². The Morgan fingerprint density at radius 3 is 2.70 bits per heavy atom. The molecule has 0 aliphatic heterocycles. The smallest absolute Gasteiger partial charge is 0.271 e. The average Bonchev–Trinajstić information content (AvgIpc) is 2.63. The molecule has 0 N–H and O–H groups in total. The number of pyridine rings is 2. The highest BCUT2D eigenvalue weighted by atomic mass is 16.1. The Kier molecular flexibility index (Phi) is 4.11. The van der Waals surface area contributed by atoms with Gasteiger partial charge in [0.05, 0.1) is 11.7 Å². The second-order valence-electron chi connectivity index (χ2n) is 6.75. The van der Waals surface area contributed by atoms with Gasteiger partial charge in [-0.2, -0.15) is 0 Å². The second kappa shape index (κ2) is 6.46. The molecule has 0 amide bonds. The van der Waals surface area contributed by atoms with Crippen LogP contribution in [-0.2, 0) is 7.05 Å². The molecule has 1 aliphatic carbocycles. The number of hydrogen-bond acceptors (Lipinski definition) is 4. The maximum atomic E-state index is 13.5. The first-order chi connectivity index (χ1) is 13.1. The summed E-state index contributed by atoms with van der Waals surface area (Å²) < 4.78 is 3.30. The van der Waals surface area contributed by atoms with E-state index in [4.69, 9.17) is 4.98 Å². The molecule has 1 saturated carbocycles. The number of allylic oxidation sites excluding steroid dienone is 4. The van der Waals surface area contributed by atoms with E-state index in [1.54, 1.807) is 48.3 Å². The van der Waals surface area contributed by atoms with Crippen LogP contribution < -0.4 is 11.0 Å². The fourth-order valence-electron chi connectivity index (χ4n) is 3.61. The summed E-state index contributed by atoms with van der Waals surface area (Å²) in [7, 11) is 1.81. The lowest BCUT2D eigenvalue weighted by Crippen LogP contribution is -2.32. The van der Waals surface area contributed by atoms with Crippen molar-refractivity contribution in [3.8, 4) is 0 Å². The monoisotopic (exact) mass is 360 g/mol. The maximum absolute atomic E-state index is 13.5. The Bertz CT molecular complexity index is 1240. The third-order valence-electron chi connectivity index (χ3n) is 5.27. The number of aryl methyl sites for hydroxylation is 1. The van der Waals surface area contributed by atoms with Gasteiger partial charge >= 0.3 is 0 Å². The third kappa shape index (κ3) is 2.48. The Morgan fingerprint density at radius 2 is 2.07 bits per heavy atom. The van der Waals surface area contributed by atoms with Gasteiger partial charge in [-0.15, -0.1) is 0 Å². The maximum Gasteiger partial charge on any atom is 0.271 e. The molecule has 1 aliphatic rings. The second-order valence-corrected chi connectivity index (χ2v) is 6.75. The van der Waals surface area contributed by atoms with Crippen LogP contribution in [0.2, 0.25) is 0 Å². The van der Waals surface area contributed by atoms with E-state index in [9.17, 15) is 9.59 Å². The standard InChI is InChI=1S/C21H20N4O2/c1-4-7-14(5-2)25-19(13-8-6-9-13)23-20-17(21(25)27)18(26)15-10-11-22-12-16(15)24(20)3/h4-5,7,10-13H,1-2,6,8-9H2,3H3/b14-7+. The molecule has 6 nitrogen and oxygen atoms in total. The van der Waals surface area contributed by atoms with E-state index in [1.807, 2.05) is 0 Å². The number of fused-ring (bicyclic) bond motifs is 2. The molecule has 0 atom stereocenters. The van der Waals surface area contributed by atoms with Crippen LogP contribution in [0.3, 0.4) is 0 Å². The zero-order chi connectivity index (χ0) is 19.1. The van der Waals surface area contributed by atoms with Crippen molar-refractivity contribution < 1.29 is 0 Å². The molecule has 3 heterocycles. The van der Waals surface area contributed by atoms with Crippen LogP contribution in [-0.4, -0.2) is 19.1 Å². The summed E-state index contributed by atoms with van der Waals surface area (Å²) in [5.41, 5.74) is 0.932. The van der Waals surface area contributed by atoms with Gasteiger partial charge in [0.2, 0.25) is 5.43 Å². The molecule has 136 valence electrons. The minimum absolute atomic E-state index is 0.0797. The van der Waals surface area contributed by atoms with Crippen molar-refractivity contribution in [3.05, 3.63) is 76.2 Å². The van der Waals surface area contributed by atoms with Crippen LogP contribution >= 0.6 is 0 Å². The van der Waals surface area contributed by atoms with Crippen LogP contribution in [0.5, 0.6) is 0 Å². The summed E-state index contributed by atoms with van der Waals surface area (Å²) in [5.74, 6) is 0.861. The van der Waals surface area contributed by atoms with E-state index >= 15 is 0 Å². The summed E-state index contributed by atoms with van der Waals surface area (Å²) in [4.78, 5) is 35.4. The predicted molar refractivity (Wildman–Crippen MR) is 108 cm³/mol. The van der Waals surface area contributed by atoms with E-state index in [2.05, 4.69) is 18.1 Å². The first kappa shape index (κ1) is 17.1. The molecule has 0 saturated heterocycles. The molecule has 4 rings (SSSR count). The normalized spacial score (nSPS) is 15.1. The Morgan fingerprint density at radius 1 is 1.30 bits per heavy atom. The fraction of sp³-hybridized carbons (Fsp3) is 0.238. The van der Waals surface area contributed by atoms with E-state index < -0.39 is 0 Å². The van der Waals surface area contributed by atoms with Crippen LogP contribution in [0.1, 0.15) is 31.0 Å². The summed E-state index contributed by atoms with van der Waals surface area (Å²) in [6.07, 6.45) is 11.1. The molecule has 27 heavy (non-hydrogen) atoms. The SMILES string of the molecule is C=C/C=C(\C=C)n1c(C2CCC2)nc2c(c(=O)c3ccncc3n2C)c1=O. The highest BCUT2D eigenvalue weighted by molar-refractivity contribution is 5.91. The van der Waals surface area contributed by atoms with Gasteiger partial charge < -0.3 is 4.57 Å². The number of aromatic nitrogens is 4. The van der Waals surface area contributed by atoms with Crippen molar-refractivity contribution >= 4 is 27.6 Å². The average molecular weight is 360 g/mol. The summed E-state index contributed by atoms with van der Waals surface area (Å²) in [6.45, 7) is 7.53. The van der Waals surface area contributed by atoms with Crippen molar-refractivity contribution in [2.24, 2.45) is 7.05 Å².